The summed E-state index contributed by atoms with van der Waals surface area (Å²) in [5, 5.41) is 0. The Labute approximate surface area is 171 Å². The maximum absolute atomic E-state index is 12.2. The van der Waals surface area contributed by atoms with Crippen molar-refractivity contribution in [3.63, 3.8) is 0 Å². The third-order valence-corrected chi connectivity index (χ3v) is 6.21. The van der Waals surface area contributed by atoms with Gasteiger partial charge in [-0.25, -0.2) is 0 Å². The van der Waals surface area contributed by atoms with Crippen LogP contribution in [-0.2, 0) is 14.3 Å². The van der Waals surface area contributed by atoms with E-state index in [-0.39, 0.29) is 18.1 Å². The second-order valence-electron chi connectivity index (χ2n) is 7.98. The van der Waals surface area contributed by atoms with Crippen LogP contribution in [0.4, 0.5) is 0 Å². The molecule has 2 aliphatic rings. The fourth-order valence-corrected chi connectivity index (χ4v) is 4.01. The van der Waals surface area contributed by atoms with Crippen molar-refractivity contribution in [2.45, 2.75) is 52.2 Å². The van der Waals surface area contributed by atoms with Gasteiger partial charge >= 0.3 is 5.97 Å². The van der Waals surface area contributed by atoms with Crippen LogP contribution in [0.1, 0.15) is 51.6 Å². The van der Waals surface area contributed by atoms with Gasteiger partial charge in [0.1, 0.15) is 18.2 Å². The zero-order valence-corrected chi connectivity index (χ0v) is 18.0. The first-order valence-electron chi connectivity index (χ1n) is 10.3. The molecule has 3 heterocycles. The van der Waals surface area contributed by atoms with E-state index in [1.54, 1.807) is 0 Å². The van der Waals surface area contributed by atoms with E-state index in [2.05, 4.69) is 28.8 Å². The normalized spacial score (nSPS) is 23.6. The van der Waals surface area contributed by atoms with Gasteiger partial charge in [0, 0.05) is 18.9 Å². The van der Waals surface area contributed by atoms with Crippen LogP contribution in [0, 0.1) is 5.92 Å². The minimum Gasteiger partial charge on any atom is -0.475 e. The van der Waals surface area contributed by atoms with Crippen LogP contribution in [0.2, 0.25) is 0 Å². The molecule has 156 valence electrons. The van der Waals surface area contributed by atoms with Gasteiger partial charge in [0.15, 0.2) is 0 Å². The van der Waals surface area contributed by atoms with E-state index >= 15 is 0 Å². The molecule has 0 spiro atoms. The summed E-state index contributed by atoms with van der Waals surface area (Å²) in [4.78, 5) is 12.2. The molecular weight excluding hydrogens is 378 g/mol. The first-order valence-corrected chi connectivity index (χ1v) is 11.0. The topological polar surface area (TPSA) is 70.5 Å². The van der Waals surface area contributed by atoms with Gasteiger partial charge < -0.3 is 14.2 Å². The third kappa shape index (κ3) is 5.10. The van der Waals surface area contributed by atoms with E-state index in [0.717, 1.165) is 37.2 Å². The number of carbonyl (C=O) groups is 1. The summed E-state index contributed by atoms with van der Waals surface area (Å²) in [5.74, 6) is 0.377. The third-order valence-electron chi connectivity index (χ3n) is 5.70. The second-order valence-corrected chi connectivity index (χ2v) is 8.51. The van der Waals surface area contributed by atoms with E-state index in [4.69, 9.17) is 14.2 Å². The van der Waals surface area contributed by atoms with Crippen molar-refractivity contribution in [2.75, 3.05) is 40.0 Å². The Morgan fingerprint density at radius 2 is 2.18 bits per heavy atom. The van der Waals surface area contributed by atoms with Crippen LogP contribution in [0.15, 0.2) is 6.08 Å². The molecule has 0 aromatic carbocycles. The number of carbonyl (C=O) groups excluding carboxylic acids is 1. The summed E-state index contributed by atoms with van der Waals surface area (Å²) < 4.78 is 26.3. The molecule has 3 rings (SSSR count). The zero-order valence-electron chi connectivity index (χ0n) is 17.2. The van der Waals surface area contributed by atoms with Gasteiger partial charge in [-0.2, -0.15) is 4.37 Å². The van der Waals surface area contributed by atoms with E-state index in [0.29, 0.717) is 30.2 Å². The second kappa shape index (κ2) is 9.80. The molecular formula is C20H32N3O4S+. The van der Waals surface area contributed by atoms with Gasteiger partial charge in [-0.15, -0.1) is 4.37 Å². The minimum absolute atomic E-state index is 0.107. The highest BCUT2D eigenvalue weighted by atomic mass is 32.1. The summed E-state index contributed by atoms with van der Waals surface area (Å²) in [6.45, 7) is 7.47. The molecule has 1 aromatic rings. The predicted molar refractivity (Wildman–Crippen MR) is 108 cm³/mol. The number of aromatic nitrogens is 2. The monoisotopic (exact) mass is 410 g/mol. The Morgan fingerprint density at radius 1 is 1.36 bits per heavy atom. The molecule has 1 aromatic heterocycles. The number of hydrogen-bond donors (Lipinski definition) is 0. The zero-order chi connectivity index (χ0) is 20.0. The van der Waals surface area contributed by atoms with Gasteiger partial charge in [-0.1, -0.05) is 32.3 Å². The lowest BCUT2D eigenvalue weighted by Gasteiger charge is -2.42. The maximum Gasteiger partial charge on any atom is 0.318 e. The molecule has 1 fully saturated rings. The van der Waals surface area contributed by atoms with Gasteiger partial charge in [-0.05, 0) is 6.42 Å². The number of hydrogen-bond acceptors (Lipinski definition) is 7. The first kappa shape index (κ1) is 21.2. The number of quaternary nitrogens is 1. The van der Waals surface area contributed by atoms with Crippen molar-refractivity contribution in [2.24, 2.45) is 5.92 Å². The summed E-state index contributed by atoms with van der Waals surface area (Å²) in [6, 6.07) is 0. The minimum atomic E-state index is -0.221. The molecule has 2 aliphatic heterocycles. The smallest absolute Gasteiger partial charge is 0.318 e. The highest BCUT2D eigenvalue weighted by Gasteiger charge is 2.39. The van der Waals surface area contributed by atoms with Gasteiger partial charge in [0.05, 0.1) is 45.1 Å². The average molecular weight is 411 g/mol. The summed E-state index contributed by atoms with van der Waals surface area (Å²) in [7, 11) is 2.13. The quantitative estimate of drug-likeness (QED) is 0.335. The molecule has 0 aliphatic carbocycles. The number of nitrogens with zero attached hydrogens (tertiary/aromatic N) is 3. The van der Waals surface area contributed by atoms with Crippen molar-refractivity contribution in [3.05, 3.63) is 11.8 Å². The van der Waals surface area contributed by atoms with Crippen molar-refractivity contribution < 1.29 is 23.5 Å². The SMILES string of the molecule is CCCCCCOc1nsnc1C1=CCC[N+](C)(C(C)OC(=O)C2COC2)C1. The van der Waals surface area contributed by atoms with E-state index in [9.17, 15) is 4.79 Å². The van der Waals surface area contributed by atoms with Crippen molar-refractivity contribution in [3.8, 4) is 5.88 Å². The Kier molecular flexibility index (Phi) is 7.42. The standard InChI is InChI=1S/C20H32N3O4S/c1-4-5-6-7-11-26-19-18(21-28-22-19)16-9-8-10-23(3,12-16)15(2)27-20(24)17-13-25-14-17/h9,15,17H,4-8,10-14H2,1-3H3/q+1. The molecule has 0 amide bonds. The van der Waals surface area contributed by atoms with Crippen molar-refractivity contribution >= 4 is 23.3 Å². The molecule has 0 radical (unpaired) electrons. The van der Waals surface area contributed by atoms with E-state index in [1.807, 2.05) is 6.92 Å². The number of esters is 1. The average Bonchev–Trinajstić information content (AvgIpc) is 3.08. The van der Waals surface area contributed by atoms with Crippen molar-refractivity contribution in [1.29, 1.82) is 0 Å². The molecule has 7 nitrogen and oxygen atoms in total. The molecule has 8 heteroatoms. The molecule has 0 N–H and O–H groups in total. The molecule has 2 unspecified atom stereocenters. The van der Waals surface area contributed by atoms with Gasteiger partial charge in [0.2, 0.25) is 6.23 Å². The van der Waals surface area contributed by atoms with Crippen LogP contribution in [0.25, 0.3) is 5.57 Å². The Bertz CT molecular complexity index is 689. The Hall–Kier alpha value is -1.51. The lowest BCUT2D eigenvalue weighted by Crippen LogP contribution is -2.56. The number of unbranched alkanes of at least 4 members (excludes halogenated alkanes) is 3. The molecule has 0 bridgehead atoms. The van der Waals surface area contributed by atoms with E-state index in [1.165, 1.54) is 31.0 Å². The van der Waals surface area contributed by atoms with Crippen LogP contribution < -0.4 is 4.74 Å². The van der Waals surface area contributed by atoms with Gasteiger partial charge in [-0.3, -0.25) is 9.28 Å². The highest BCUT2D eigenvalue weighted by molar-refractivity contribution is 6.99. The number of likely N-dealkylation sites (N-methyl/N-ethyl adjacent to an activating group) is 1. The van der Waals surface area contributed by atoms with Crippen LogP contribution in [-0.4, -0.2) is 65.4 Å². The van der Waals surface area contributed by atoms with Gasteiger partial charge in [0.25, 0.3) is 5.88 Å². The van der Waals surface area contributed by atoms with E-state index < -0.39 is 0 Å². The summed E-state index contributed by atoms with van der Waals surface area (Å²) in [5.41, 5.74) is 1.97. The highest BCUT2D eigenvalue weighted by Crippen LogP contribution is 2.32. The van der Waals surface area contributed by atoms with Crippen LogP contribution in [0.3, 0.4) is 0 Å². The number of rotatable bonds is 10. The Balaban J connectivity index is 1.59. The largest absolute Gasteiger partial charge is 0.475 e. The van der Waals surface area contributed by atoms with Crippen LogP contribution >= 0.6 is 11.7 Å². The summed E-state index contributed by atoms with van der Waals surface area (Å²) >= 11 is 1.19. The summed E-state index contributed by atoms with van der Waals surface area (Å²) in [6.07, 6.45) is 7.56. The predicted octanol–water partition coefficient (Wildman–Crippen LogP) is 3.27. The number of ether oxygens (including phenoxy) is 3. The Morgan fingerprint density at radius 3 is 2.89 bits per heavy atom. The molecule has 1 saturated heterocycles. The molecule has 28 heavy (non-hydrogen) atoms. The first-order chi connectivity index (χ1) is 13.5. The fraction of sp³-hybridized carbons (Fsp3) is 0.750. The molecule has 2 atom stereocenters. The lowest BCUT2D eigenvalue weighted by molar-refractivity contribution is -0.944. The lowest BCUT2D eigenvalue weighted by atomic mass is 10.0. The maximum atomic E-state index is 12.2. The van der Waals surface area contributed by atoms with Crippen molar-refractivity contribution in [1.82, 2.24) is 8.75 Å². The fourth-order valence-electron chi connectivity index (χ4n) is 3.48. The van der Waals surface area contributed by atoms with Crippen LogP contribution in [0.5, 0.6) is 5.88 Å². The molecule has 0 saturated carbocycles.